The van der Waals surface area contributed by atoms with Gasteiger partial charge in [0.25, 0.3) is 0 Å². The molecule has 0 aromatic heterocycles. The molecular weight excluding hydrogens is 380 g/mol. The molecule has 0 radical (unpaired) electrons. The van der Waals surface area contributed by atoms with E-state index in [-0.39, 0.29) is 11.4 Å². The Balaban J connectivity index is 2.91. The van der Waals surface area contributed by atoms with Gasteiger partial charge in [-0.15, -0.1) is 0 Å². The summed E-state index contributed by atoms with van der Waals surface area (Å²) in [7, 11) is -7.15. The summed E-state index contributed by atoms with van der Waals surface area (Å²) >= 11 is 3.22. The summed E-state index contributed by atoms with van der Waals surface area (Å²) in [5, 5.41) is 0. The number of hydrogen-bond donors (Lipinski definition) is 2. The minimum absolute atomic E-state index is 0.0667. The molecule has 0 amide bonds. The second kappa shape index (κ2) is 6.33. The van der Waals surface area contributed by atoms with Crippen molar-refractivity contribution in [1.82, 2.24) is 9.44 Å². The Morgan fingerprint density at radius 3 is 2.24 bits per heavy atom. The smallest absolute Gasteiger partial charge is 0.213 e. The third kappa shape index (κ3) is 6.03. The third-order valence-electron chi connectivity index (χ3n) is 2.54. The second-order valence-electron chi connectivity index (χ2n) is 5.52. The summed E-state index contributed by atoms with van der Waals surface area (Å²) in [4.78, 5) is 0.114. The van der Waals surface area contributed by atoms with Gasteiger partial charge in [-0.1, -0.05) is 6.07 Å². The fourth-order valence-corrected chi connectivity index (χ4v) is 5.19. The summed E-state index contributed by atoms with van der Waals surface area (Å²) in [6.45, 7) is 4.98. The molecule has 0 heterocycles. The molecule has 6 nitrogen and oxygen atoms in total. The van der Waals surface area contributed by atoms with Crippen molar-refractivity contribution in [1.29, 1.82) is 0 Å². The van der Waals surface area contributed by atoms with E-state index in [1.165, 1.54) is 6.07 Å². The molecule has 0 aliphatic rings. The zero-order valence-corrected chi connectivity index (χ0v) is 15.5. The highest BCUT2D eigenvalue weighted by Gasteiger charge is 2.26. The Bertz CT molecular complexity index is 728. The zero-order chi connectivity index (χ0) is 16.5. The monoisotopic (exact) mass is 398 g/mol. The normalized spacial score (nSPS) is 13.4. The minimum Gasteiger partial charge on any atom is -0.213 e. The zero-order valence-electron chi connectivity index (χ0n) is 12.3. The Morgan fingerprint density at radius 2 is 1.76 bits per heavy atom. The van der Waals surface area contributed by atoms with Crippen molar-refractivity contribution >= 4 is 36.0 Å². The van der Waals surface area contributed by atoms with Gasteiger partial charge in [-0.2, -0.15) is 0 Å². The fourth-order valence-electron chi connectivity index (χ4n) is 1.71. The van der Waals surface area contributed by atoms with E-state index in [1.807, 2.05) is 6.92 Å². The van der Waals surface area contributed by atoms with Crippen molar-refractivity contribution in [3.63, 3.8) is 0 Å². The van der Waals surface area contributed by atoms with Gasteiger partial charge in [0.2, 0.25) is 20.0 Å². The molecule has 1 aromatic rings. The van der Waals surface area contributed by atoms with Crippen molar-refractivity contribution in [2.24, 2.45) is 0 Å². The van der Waals surface area contributed by atoms with Crippen LogP contribution in [0.4, 0.5) is 0 Å². The van der Waals surface area contributed by atoms with Crippen LogP contribution >= 0.6 is 15.9 Å². The quantitative estimate of drug-likeness (QED) is 0.756. The predicted octanol–water partition coefficient (Wildman–Crippen LogP) is 1.36. The van der Waals surface area contributed by atoms with Gasteiger partial charge in [0.1, 0.15) is 0 Å². The molecule has 0 bridgehead atoms. The predicted molar refractivity (Wildman–Crippen MR) is 86.1 cm³/mol. The number of benzene rings is 1. The van der Waals surface area contributed by atoms with Crippen LogP contribution < -0.4 is 9.44 Å². The van der Waals surface area contributed by atoms with E-state index < -0.39 is 25.6 Å². The molecule has 1 rings (SSSR count). The Kier molecular flexibility index (Phi) is 5.60. The first-order valence-electron chi connectivity index (χ1n) is 6.07. The van der Waals surface area contributed by atoms with Gasteiger partial charge in [0.05, 0.1) is 11.2 Å². The molecule has 120 valence electrons. The molecule has 1 aromatic carbocycles. The SMILES string of the molecule is Cc1ccc(S(=O)(=O)NCC(C)(C)NS(C)(=O)=O)c(Br)c1. The Labute approximate surface area is 134 Å². The molecule has 0 saturated carbocycles. The molecule has 0 atom stereocenters. The highest BCUT2D eigenvalue weighted by molar-refractivity contribution is 9.10. The highest BCUT2D eigenvalue weighted by Crippen LogP contribution is 2.23. The lowest BCUT2D eigenvalue weighted by atomic mass is 10.1. The Hall–Kier alpha value is -0.480. The van der Waals surface area contributed by atoms with Crippen LogP contribution in [0.15, 0.2) is 27.6 Å². The third-order valence-corrected chi connectivity index (χ3v) is 5.84. The number of sulfonamides is 2. The number of hydrogen-bond acceptors (Lipinski definition) is 4. The van der Waals surface area contributed by atoms with Gasteiger partial charge in [0.15, 0.2) is 0 Å². The first-order valence-corrected chi connectivity index (χ1v) is 10.2. The van der Waals surface area contributed by atoms with E-state index >= 15 is 0 Å². The van der Waals surface area contributed by atoms with Gasteiger partial charge in [-0.3, -0.25) is 0 Å². The van der Waals surface area contributed by atoms with Gasteiger partial charge in [-0.05, 0) is 54.4 Å². The van der Waals surface area contributed by atoms with E-state index in [9.17, 15) is 16.8 Å². The average Bonchev–Trinajstić information content (AvgIpc) is 2.23. The summed E-state index contributed by atoms with van der Waals surface area (Å²) < 4.78 is 52.2. The van der Waals surface area contributed by atoms with E-state index in [4.69, 9.17) is 0 Å². The van der Waals surface area contributed by atoms with Crippen LogP contribution in [0, 0.1) is 6.92 Å². The lowest BCUT2D eigenvalue weighted by Crippen LogP contribution is -2.50. The maximum atomic E-state index is 12.3. The van der Waals surface area contributed by atoms with Crippen molar-refractivity contribution in [3.05, 3.63) is 28.2 Å². The lowest BCUT2D eigenvalue weighted by Gasteiger charge is -2.25. The molecule has 0 aliphatic carbocycles. The van der Waals surface area contributed by atoms with Crippen molar-refractivity contribution in [2.45, 2.75) is 31.2 Å². The van der Waals surface area contributed by atoms with E-state index in [2.05, 4.69) is 25.4 Å². The molecular formula is C12H19BrN2O4S2. The number of rotatable bonds is 6. The maximum Gasteiger partial charge on any atom is 0.241 e. The first-order chi connectivity index (χ1) is 9.32. The van der Waals surface area contributed by atoms with Crippen LogP contribution in [-0.2, 0) is 20.0 Å². The van der Waals surface area contributed by atoms with Gasteiger partial charge >= 0.3 is 0 Å². The molecule has 0 aliphatic heterocycles. The van der Waals surface area contributed by atoms with E-state index in [0.717, 1.165) is 11.8 Å². The largest absolute Gasteiger partial charge is 0.241 e. The fraction of sp³-hybridized carbons (Fsp3) is 0.500. The molecule has 0 fully saturated rings. The van der Waals surface area contributed by atoms with Gasteiger partial charge in [0, 0.05) is 16.6 Å². The molecule has 21 heavy (non-hydrogen) atoms. The van der Waals surface area contributed by atoms with Gasteiger partial charge < -0.3 is 0 Å². The van der Waals surface area contributed by atoms with Crippen LogP contribution in [0.25, 0.3) is 0 Å². The number of aryl methyl sites for hydroxylation is 1. The van der Waals surface area contributed by atoms with Crippen molar-refractivity contribution in [3.8, 4) is 0 Å². The number of halogens is 1. The van der Waals surface area contributed by atoms with Crippen LogP contribution in [0.1, 0.15) is 19.4 Å². The van der Waals surface area contributed by atoms with E-state index in [0.29, 0.717) is 4.47 Å². The summed E-state index contributed by atoms with van der Waals surface area (Å²) in [5.74, 6) is 0. The molecule has 9 heteroatoms. The molecule has 0 unspecified atom stereocenters. The Morgan fingerprint density at radius 1 is 1.19 bits per heavy atom. The van der Waals surface area contributed by atoms with Crippen LogP contribution in [-0.4, -0.2) is 35.2 Å². The average molecular weight is 399 g/mol. The highest BCUT2D eigenvalue weighted by atomic mass is 79.9. The standard InChI is InChI=1S/C12H19BrN2O4S2/c1-9-5-6-11(10(13)7-9)21(18,19)14-8-12(2,3)15-20(4,16)17/h5-7,14-15H,8H2,1-4H3. The molecule has 2 N–H and O–H groups in total. The topological polar surface area (TPSA) is 92.3 Å². The van der Waals surface area contributed by atoms with Crippen LogP contribution in [0.3, 0.4) is 0 Å². The summed E-state index contributed by atoms with van der Waals surface area (Å²) in [6, 6.07) is 4.90. The lowest BCUT2D eigenvalue weighted by molar-refractivity contribution is 0.446. The first kappa shape index (κ1) is 18.6. The van der Waals surface area contributed by atoms with Crippen molar-refractivity contribution < 1.29 is 16.8 Å². The molecule has 0 spiro atoms. The van der Waals surface area contributed by atoms with Crippen LogP contribution in [0.2, 0.25) is 0 Å². The number of nitrogens with one attached hydrogen (secondary N) is 2. The minimum atomic E-state index is -3.73. The van der Waals surface area contributed by atoms with Crippen LogP contribution in [0.5, 0.6) is 0 Å². The summed E-state index contributed by atoms with van der Waals surface area (Å²) in [6.07, 6.45) is 1.03. The maximum absolute atomic E-state index is 12.3. The second-order valence-corrected chi connectivity index (χ2v) is 9.85. The van der Waals surface area contributed by atoms with Crippen molar-refractivity contribution in [2.75, 3.05) is 12.8 Å². The molecule has 0 saturated heterocycles. The van der Waals surface area contributed by atoms with Gasteiger partial charge in [-0.25, -0.2) is 26.3 Å². The van der Waals surface area contributed by atoms with E-state index in [1.54, 1.807) is 26.0 Å². The summed E-state index contributed by atoms with van der Waals surface area (Å²) in [5.41, 5.74) is -0.00225.